The summed E-state index contributed by atoms with van der Waals surface area (Å²) in [5.74, 6) is 0.618. The van der Waals surface area contributed by atoms with Crippen molar-refractivity contribution in [3.63, 3.8) is 0 Å². The van der Waals surface area contributed by atoms with Crippen LogP contribution in [-0.2, 0) is 0 Å². The van der Waals surface area contributed by atoms with E-state index in [2.05, 4.69) is 4.90 Å². The number of benzene rings is 1. The molecule has 0 aliphatic carbocycles. The summed E-state index contributed by atoms with van der Waals surface area (Å²) in [6, 6.07) is 5.52. The molecule has 0 amide bonds. The van der Waals surface area contributed by atoms with E-state index in [4.69, 9.17) is 4.74 Å². The second-order valence-corrected chi connectivity index (χ2v) is 4.03. The minimum absolute atomic E-state index is 0.142. The average molecular weight is 223 g/mol. The highest BCUT2D eigenvalue weighted by molar-refractivity contribution is 5.56. The molecule has 88 valence electrons. The van der Waals surface area contributed by atoms with Gasteiger partial charge in [0.25, 0.3) is 0 Å². The Balaban J connectivity index is 2.23. The Kier molecular flexibility index (Phi) is 3.19. The second-order valence-electron chi connectivity index (χ2n) is 4.03. The fourth-order valence-corrected chi connectivity index (χ4v) is 2.22. The molecular formula is C12H17NO3. The van der Waals surface area contributed by atoms with Crippen molar-refractivity contribution in [1.82, 2.24) is 0 Å². The minimum atomic E-state index is 0.142. The van der Waals surface area contributed by atoms with E-state index >= 15 is 0 Å². The third-order valence-electron chi connectivity index (χ3n) is 3.08. The Morgan fingerprint density at radius 2 is 2.31 bits per heavy atom. The molecule has 0 spiro atoms. The summed E-state index contributed by atoms with van der Waals surface area (Å²) in [4.78, 5) is 2.12. The van der Waals surface area contributed by atoms with Crippen LogP contribution in [0.4, 0.5) is 5.69 Å². The van der Waals surface area contributed by atoms with Crippen molar-refractivity contribution in [3.05, 3.63) is 18.2 Å². The molecule has 1 fully saturated rings. The van der Waals surface area contributed by atoms with E-state index in [1.54, 1.807) is 12.1 Å². The Morgan fingerprint density at radius 3 is 2.94 bits per heavy atom. The molecule has 16 heavy (non-hydrogen) atoms. The number of rotatable bonds is 3. The third-order valence-corrected chi connectivity index (χ3v) is 3.08. The number of ether oxygens (including phenoxy) is 1. The summed E-state index contributed by atoms with van der Waals surface area (Å²) in [7, 11) is 1.53. The molecule has 0 radical (unpaired) electrons. The van der Waals surface area contributed by atoms with Gasteiger partial charge in [0.2, 0.25) is 0 Å². The normalized spacial score (nSPS) is 20.1. The van der Waals surface area contributed by atoms with E-state index in [0.717, 1.165) is 25.1 Å². The first-order valence-corrected chi connectivity index (χ1v) is 5.50. The van der Waals surface area contributed by atoms with Crippen molar-refractivity contribution in [2.24, 2.45) is 0 Å². The molecule has 1 aromatic carbocycles. The van der Waals surface area contributed by atoms with Gasteiger partial charge in [-0.3, -0.25) is 0 Å². The predicted octanol–water partition coefficient (Wildman–Crippen LogP) is 1.36. The monoisotopic (exact) mass is 223 g/mol. The molecule has 4 nitrogen and oxygen atoms in total. The third kappa shape index (κ3) is 1.93. The van der Waals surface area contributed by atoms with Crippen molar-refractivity contribution in [2.75, 3.05) is 25.2 Å². The van der Waals surface area contributed by atoms with E-state index in [1.807, 2.05) is 6.07 Å². The molecule has 1 unspecified atom stereocenters. The summed E-state index contributed by atoms with van der Waals surface area (Å²) < 4.78 is 5.00. The fraction of sp³-hybridized carbons (Fsp3) is 0.500. The van der Waals surface area contributed by atoms with Crippen LogP contribution in [0, 0.1) is 0 Å². The van der Waals surface area contributed by atoms with Crippen LogP contribution in [0.5, 0.6) is 11.5 Å². The Labute approximate surface area is 95.1 Å². The zero-order valence-electron chi connectivity index (χ0n) is 9.39. The quantitative estimate of drug-likeness (QED) is 0.812. The summed E-state index contributed by atoms with van der Waals surface area (Å²) in [6.07, 6.45) is 2.08. The van der Waals surface area contributed by atoms with Gasteiger partial charge in [0.05, 0.1) is 19.8 Å². The van der Waals surface area contributed by atoms with E-state index in [9.17, 15) is 10.2 Å². The number of phenolic OH excluding ortho intramolecular Hbond substituents is 1. The lowest BCUT2D eigenvalue weighted by molar-refractivity contribution is 0.266. The molecule has 2 N–H and O–H groups in total. The van der Waals surface area contributed by atoms with Gasteiger partial charge >= 0.3 is 0 Å². The van der Waals surface area contributed by atoms with Gasteiger partial charge in [-0.1, -0.05) is 0 Å². The summed E-state index contributed by atoms with van der Waals surface area (Å²) in [5, 5.41) is 18.9. The predicted molar refractivity (Wildman–Crippen MR) is 62.1 cm³/mol. The van der Waals surface area contributed by atoms with Crippen molar-refractivity contribution in [1.29, 1.82) is 0 Å². The van der Waals surface area contributed by atoms with Gasteiger partial charge in [-0.2, -0.15) is 0 Å². The first-order chi connectivity index (χ1) is 7.76. The Bertz CT molecular complexity index is 367. The van der Waals surface area contributed by atoms with Crippen molar-refractivity contribution >= 4 is 5.69 Å². The number of nitrogens with zero attached hydrogens (tertiary/aromatic N) is 1. The van der Waals surface area contributed by atoms with Crippen LogP contribution in [0.2, 0.25) is 0 Å². The van der Waals surface area contributed by atoms with Crippen LogP contribution in [0.25, 0.3) is 0 Å². The van der Waals surface area contributed by atoms with E-state index < -0.39 is 0 Å². The number of aromatic hydroxyl groups is 1. The fourth-order valence-electron chi connectivity index (χ4n) is 2.22. The van der Waals surface area contributed by atoms with Gasteiger partial charge in [0.1, 0.15) is 0 Å². The molecule has 1 aliphatic heterocycles. The van der Waals surface area contributed by atoms with Gasteiger partial charge in [-0.15, -0.1) is 0 Å². The van der Waals surface area contributed by atoms with Gasteiger partial charge in [-0.25, -0.2) is 0 Å². The molecule has 1 atom stereocenters. The molecule has 0 bridgehead atoms. The Hall–Kier alpha value is -1.42. The van der Waals surface area contributed by atoms with Gasteiger partial charge in [-0.05, 0) is 25.0 Å². The lowest BCUT2D eigenvalue weighted by Gasteiger charge is -2.25. The van der Waals surface area contributed by atoms with Crippen LogP contribution in [0.3, 0.4) is 0 Å². The zero-order chi connectivity index (χ0) is 11.5. The summed E-state index contributed by atoms with van der Waals surface area (Å²) in [5.41, 5.74) is 0.940. The number of anilines is 1. The van der Waals surface area contributed by atoms with Crippen molar-refractivity contribution in [3.8, 4) is 11.5 Å². The number of hydrogen-bond acceptors (Lipinski definition) is 4. The van der Waals surface area contributed by atoms with Crippen molar-refractivity contribution < 1.29 is 14.9 Å². The first kappa shape index (κ1) is 11.1. The van der Waals surface area contributed by atoms with E-state index in [-0.39, 0.29) is 18.4 Å². The standard InChI is InChI=1S/C12H17NO3/c1-16-12-5-4-9(7-11(12)15)13-6-2-3-10(13)8-14/h4-5,7,10,14-15H,2-3,6,8H2,1H3. The van der Waals surface area contributed by atoms with Crippen LogP contribution in [-0.4, -0.2) is 36.5 Å². The highest BCUT2D eigenvalue weighted by atomic mass is 16.5. The van der Waals surface area contributed by atoms with Crippen LogP contribution in [0.1, 0.15) is 12.8 Å². The van der Waals surface area contributed by atoms with Gasteiger partial charge in [0.15, 0.2) is 11.5 Å². The highest BCUT2D eigenvalue weighted by Gasteiger charge is 2.24. The zero-order valence-corrected chi connectivity index (χ0v) is 9.39. The number of aliphatic hydroxyl groups excluding tert-OH is 1. The van der Waals surface area contributed by atoms with Crippen molar-refractivity contribution in [2.45, 2.75) is 18.9 Å². The molecule has 0 aromatic heterocycles. The SMILES string of the molecule is COc1ccc(N2CCCC2CO)cc1O. The highest BCUT2D eigenvalue weighted by Crippen LogP contribution is 2.33. The smallest absolute Gasteiger partial charge is 0.160 e. The molecule has 1 aliphatic rings. The molecule has 1 heterocycles. The molecule has 1 aromatic rings. The summed E-state index contributed by atoms with van der Waals surface area (Å²) >= 11 is 0. The van der Waals surface area contributed by atoms with Gasteiger partial charge in [0, 0.05) is 18.3 Å². The number of phenols is 1. The molecule has 2 rings (SSSR count). The largest absolute Gasteiger partial charge is 0.504 e. The topological polar surface area (TPSA) is 52.9 Å². The number of hydrogen-bond donors (Lipinski definition) is 2. The number of methoxy groups -OCH3 is 1. The van der Waals surface area contributed by atoms with Crippen LogP contribution in [0.15, 0.2) is 18.2 Å². The lowest BCUT2D eigenvalue weighted by atomic mass is 10.2. The second kappa shape index (κ2) is 4.61. The molecule has 0 saturated carbocycles. The van der Waals surface area contributed by atoms with E-state index in [1.165, 1.54) is 7.11 Å². The maximum Gasteiger partial charge on any atom is 0.160 e. The summed E-state index contributed by atoms with van der Waals surface area (Å²) in [6.45, 7) is 1.09. The minimum Gasteiger partial charge on any atom is -0.504 e. The van der Waals surface area contributed by atoms with E-state index in [0.29, 0.717) is 5.75 Å². The van der Waals surface area contributed by atoms with Crippen LogP contribution >= 0.6 is 0 Å². The Morgan fingerprint density at radius 1 is 1.50 bits per heavy atom. The number of aliphatic hydroxyl groups is 1. The lowest BCUT2D eigenvalue weighted by Crippen LogP contribution is -2.31. The maximum absolute atomic E-state index is 9.70. The average Bonchev–Trinajstić information content (AvgIpc) is 2.77. The molecule has 1 saturated heterocycles. The first-order valence-electron chi connectivity index (χ1n) is 5.50. The maximum atomic E-state index is 9.70. The molecular weight excluding hydrogens is 206 g/mol. The van der Waals surface area contributed by atoms with Crippen LogP contribution < -0.4 is 9.64 Å². The molecule has 4 heteroatoms. The van der Waals surface area contributed by atoms with Gasteiger partial charge < -0.3 is 19.8 Å².